The molecule has 1 heterocycles. The van der Waals surface area contributed by atoms with Crippen LogP contribution in [0.2, 0.25) is 0 Å². The first-order valence-electron chi connectivity index (χ1n) is 7.64. The van der Waals surface area contributed by atoms with E-state index in [2.05, 4.69) is 5.32 Å². The number of carbonyl (C=O) groups excluding carboxylic acids is 1. The maximum atomic E-state index is 12.7. The molecule has 6 heteroatoms. The summed E-state index contributed by atoms with van der Waals surface area (Å²) >= 11 is 5.30. The van der Waals surface area contributed by atoms with Gasteiger partial charge in [-0.05, 0) is 73.1 Å². The fourth-order valence-electron chi connectivity index (χ4n) is 2.52. The lowest BCUT2D eigenvalue weighted by atomic mass is 10.1. The predicted octanol–water partition coefficient (Wildman–Crippen LogP) is 3.26. The van der Waals surface area contributed by atoms with Crippen molar-refractivity contribution in [2.75, 3.05) is 4.90 Å². The van der Waals surface area contributed by atoms with Crippen molar-refractivity contribution < 1.29 is 14.7 Å². The molecule has 2 aromatic rings. The van der Waals surface area contributed by atoms with Gasteiger partial charge in [0.05, 0.1) is 11.3 Å². The third-order valence-electron chi connectivity index (χ3n) is 4.10. The molecule has 2 aromatic carbocycles. The molecule has 25 heavy (non-hydrogen) atoms. The Morgan fingerprint density at radius 3 is 2.40 bits per heavy atom. The SMILES string of the molecule is Cc1ccc(N2C(=O)/C(=C\c3ccc(C(=O)O)cc3)NC2=S)cc1C. The van der Waals surface area contributed by atoms with E-state index in [4.69, 9.17) is 17.3 Å². The van der Waals surface area contributed by atoms with E-state index >= 15 is 0 Å². The number of carboxylic acids is 1. The number of carbonyl (C=O) groups is 2. The standard InChI is InChI=1S/C19H16N2O3S/c1-11-3-8-15(9-12(11)2)21-17(22)16(20-19(21)25)10-13-4-6-14(7-5-13)18(23)24/h3-10H,1-2H3,(H,20,25)(H,23,24)/b16-10+. The van der Waals surface area contributed by atoms with Gasteiger partial charge in [-0.15, -0.1) is 0 Å². The van der Waals surface area contributed by atoms with Crippen molar-refractivity contribution in [3.05, 3.63) is 70.4 Å². The number of aryl methyl sites for hydroxylation is 2. The number of hydrogen-bond acceptors (Lipinski definition) is 3. The van der Waals surface area contributed by atoms with Crippen molar-refractivity contribution in [3.8, 4) is 0 Å². The van der Waals surface area contributed by atoms with Gasteiger partial charge in [0.15, 0.2) is 5.11 Å². The molecular formula is C19H16N2O3S. The maximum absolute atomic E-state index is 12.7. The van der Waals surface area contributed by atoms with Gasteiger partial charge in [-0.2, -0.15) is 0 Å². The molecule has 0 atom stereocenters. The molecule has 0 saturated carbocycles. The first kappa shape index (κ1) is 16.9. The molecule has 0 unspecified atom stereocenters. The van der Waals surface area contributed by atoms with Crippen LogP contribution in [0.5, 0.6) is 0 Å². The van der Waals surface area contributed by atoms with Crippen molar-refractivity contribution in [2.24, 2.45) is 0 Å². The lowest BCUT2D eigenvalue weighted by molar-refractivity contribution is -0.113. The summed E-state index contributed by atoms with van der Waals surface area (Å²) in [4.78, 5) is 25.1. The Morgan fingerprint density at radius 2 is 1.80 bits per heavy atom. The molecule has 0 aliphatic carbocycles. The van der Waals surface area contributed by atoms with Crippen molar-refractivity contribution in [1.29, 1.82) is 0 Å². The molecular weight excluding hydrogens is 336 g/mol. The second kappa shape index (κ2) is 6.49. The van der Waals surface area contributed by atoms with Crippen LogP contribution in [0.3, 0.4) is 0 Å². The van der Waals surface area contributed by atoms with E-state index in [-0.39, 0.29) is 11.5 Å². The third-order valence-corrected chi connectivity index (χ3v) is 4.38. The normalized spacial score (nSPS) is 15.6. The van der Waals surface area contributed by atoms with Gasteiger partial charge >= 0.3 is 5.97 Å². The highest BCUT2D eigenvalue weighted by Gasteiger charge is 2.32. The van der Waals surface area contributed by atoms with Crippen LogP contribution in [0.4, 0.5) is 5.69 Å². The molecule has 1 amide bonds. The van der Waals surface area contributed by atoms with E-state index < -0.39 is 5.97 Å². The molecule has 0 spiro atoms. The lowest BCUT2D eigenvalue weighted by Crippen LogP contribution is -2.30. The first-order valence-corrected chi connectivity index (χ1v) is 8.05. The van der Waals surface area contributed by atoms with Crippen molar-refractivity contribution in [2.45, 2.75) is 13.8 Å². The van der Waals surface area contributed by atoms with Gasteiger partial charge in [0.2, 0.25) is 0 Å². The van der Waals surface area contributed by atoms with Gasteiger partial charge in [0.25, 0.3) is 5.91 Å². The van der Waals surface area contributed by atoms with Crippen LogP contribution >= 0.6 is 12.2 Å². The van der Waals surface area contributed by atoms with Crippen molar-refractivity contribution in [1.82, 2.24) is 5.32 Å². The van der Waals surface area contributed by atoms with Crippen LogP contribution in [0.25, 0.3) is 6.08 Å². The number of benzene rings is 2. The molecule has 1 aliphatic rings. The zero-order valence-electron chi connectivity index (χ0n) is 13.7. The molecule has 5 nitrogen and oxygen atoms in total. The quantitative estimate of drug-likeness (QED) is 0.655. The van der Waals surface area contributed by atoms with Gasteiger partial charge < -0.3 is 10.4 Å². The van der Waals surface area contributed by atoms with Gasteiger partial charge in [-0.25, -0.2) is 4.79 Å². The highest BCUT2D eigenvalue weighted by atomic mass is 32.1. The molecule has 1 aliphatic heterocycles. The molecule has 3 rings (SSSR count). The van der Waals surface area contributed by atoms with Crippen LogP contribution in [-0.4, -0.2) is 22.1 Å². The summed E-state index contributed by atoms with van der Waals surface area (Å²) in [6.07, 6.45) is 1.65. The zero-order chi connectivity index (χ0) is 18.1. The largest absolute Gasteiger partial charge is 0.478 e. The summed E-state index contributed by atoms with van der Waals surface area (Å²) in [6, 6.07) is 12.0. The molecule has 1 fully saturated rings. The number of amides is 1. The predicted molar refractivity (Wildman–Crippen MR) is 101 cm³/mol. The number of anilines is 1. The number of nitrogens with one attached hydrogen (secondary N) is 1. The number of rotatable bonds is 3. The summed E-state index contributed by atoms with van der Waals surface area (Å²) in [5, 5.41) is 12.2. The average molecular weight is 352 g/mol. The first-order chi connectivity index (χ1) is 11.9. The second-order valence-electron chi connectivity index (χ2n) is 5.82. The number of carboxylic acid groups (broad SMARTS) is 1. The Hall–Kier alpha value is -2.99. The van der Waals surface area contributed by atoms with Crippen molar-refractivity contribution in [3.63, 3.8) is 0 Å². The maximum Gasteiger partial charge on any atom is 0.335 e. The van der Waals surface area contributed by atoms with Crippen molar-refractivity contribution >= 4 is 41.0 Å². The Morgan fingerprint density at radius 1 is 1.12 bits per heavy atom. The minimum atomic E-state index is -0.989. The van der Waals surface area contributed by atoms with Crippen LogP contribution < -0.4 is 10.2 Å². The van der Waals surface area contributed by atoms with Crippen LogP contribution in [-0.2, 0) is 4.79 Å². The minimum absolute atomic E-state index is 0.195. The zero-order valence-corrected chi connectivity index (χ0v) is 14.6. The van der Waals surface area contributed by atoms with Gasteiger partial charge in [-0.3, -0.25) is 9.69 Å². The average Bonchev–Trinajstić information content (AvgIpc) is 2.85. The Kier molecular flexibility index (Phi) is 4.37. The van der Waals surface area contributed by atoms with E-state index in [9.17, 15) is 9.59 Å². The Labute approximate surface area is 150 Å². The Balaban J connectivity index is 1.90. The van der Waals surface area contributed by atoms with E-state index in [0.29, 0.717) is 16.4 Å². The Bertz CT molecular complexity index is 917. The topological polar surface area (TPSA) is 69.6 Å². The second-order valence-corrected chi connectivity index (χ2v) is 6.21. The third kappa shape index (κ3) is 3.29. The number of thiocarbonyl (C=S) groups is 1. The monoisotopic (exact) mass is 352 g/mol. The summed E-state index contributed by atoms with van der Waals surface area (Å²) in [5.41, 5.74) is 4.20. The summed E-state index contributed by atoms with van der Waals surface area (Å²) in [7, 11) is 0. The minimum Gasteiger partial charge on any atom is -0.478 e. The number of hydrogen-bond donors (Lipinski definition) is 2. The number of aromatic carboxylic acids is 1. The van der Waals surface area contributed by atoms with E-state index in [0.717, 1.165) is 16.8 Å². The fourth-order valence-corrected chi connectivity index (χ4v) is 2.82. The molecule has 2 N–H and O–H groups in total. The molecule has 126 valence electrons. The molecule has 1 saturated heterocycles. The summed E-state index contributed by atoms with van der Waals surface area (Å²) < 4.78 is 0. The highest BCUT2D eigenvalue weighted by Crippen LogP contribution is 2.24. The molecule has 0 radical (unpaired) electrons. The summed E-state index contributed by atoms with van der Waals surface area (Å²) in [5.74, 6) is -1.23. The molecule has 0 aromatic heterocycles. The van der Waals surface area contributed by atoms with Gasteiger partial charge in [0, 0.05) is 0 Å². The van der Waals surface area contributed by atoms with Crippen LogP contribution in [0, 0.1) is 13.8 Å². The number of nitrogens with zero attached hydrogens (tertiary/aromatic N) is 1. The van der Waals surface area contributed by atoms with Crippen LogP contribution in [0.15, 0.2) is 48.2 Å². The highest BCUT2D eigenvalue weighted by molar-refractivity contribution is 7.80. The van der Waals surface area contributed by atoms with Gasteiger partial charge in [0.1, 0.15) is 5.70 Å². The molecule has 0 bridgehead atoms. The lowest BCUT2D eigenvalue weighted by Gasteiger charge is -2.15. The van der Waals surface area contributed by atoms with E-state index in [1.165, 1.54) is 17.0 Å². The fraction of sp³-hybridized carbons (Fsp3) is 0.105. The smallest absolute Gasteiger partial charge is 0.335 e. The van der Waals surface area contributed by atoms with Crippen LogP contribution in [0.1, 0.15) is 27.0 Å². The van der Waals surface area contributed by atoms with E-state index in [1.54, 1.807) is 18.2 Å². The van der Waals surface area contributed by atoms with E-state index in [1.807, 2.05) is 32.0 Å². The summed E-state index contributed by atoms with van der Waals surface area (Å²) in [6.45, 7) is 3.99. The van der Waals surface area contributed by atoms with Gasteiger partial charge in [-0.1, -0.05) is 18.2 Å².